The van der Waals surface area contributed by atoms with Gasteiger partial charge in [-0.05, 0) is 0 Å². The summed E-state index contributed by atoms with van der Waals surface area (Å²) < 4.78 is 0. The van der Waals surface area contributed by atoms with Crippen LogP contribution in [0.25, 0.3) is 0 Å². The van der Waals surface area contributed by atoms with Crippen molar-refractivity contribution in [3.63, 3.8) is 0 Å². The number of amides is 2. The van der Waals surface area contributed by atoms with Gasteiger partial charge in [0.25, 0.3) is 0 Å². The number of hydrogen-bond donors (Lipinski definition) is 3. The number of rotatable bonds is 1. The van der Waals surface area contributed by atoms with Gasteiger partial charge >= 0.3 is 12.0 Å². The van der Waals surface area contributed by atoms with Crippen molar-refractivity contribution < 1.29 is 19.8 Å². The topological polar surface area (TPSA) is 89.9 Å². The SMILES string of the molecule is CNC(=O)N1CCC(O)(C(=O)O)CC1. The van der Waals surface area contributed by atoms with Gasteiger partial charge in [-0.2, -0.15) is 0 Å². The first-order valence-corrected chi connectivity index (χ1v) is 4.42. The highest BCUT2D eigenvalue weighted by atomic mass is 16.4. The van der Waals surface area contributed by atoms with E-state index >= 15 is 0 Å². The third kappa shape index (κ3) is 1.95. The average Bonchev–Trinajstić information content (AvgIpc) is 2.17. The summed E-state index contributed by atoms with van der Waals surface area (Å²) in [4.78, 5) is 23.3. The van der Waals surface area contributed by atoms with Gasteiger partial charge in [-0.3, -0.25) is 0 Å². The quantitative estimate of drug-likeness (QED) is 0.521. The third-order valence-electron chi connectivity index (χ3n) is 2.49. The molecule has 0 aromatic carbocycles. The highest BCUT2D eigenvalue weighted by molar-refractivity contribution is 5.78. The highest BCUT2D eigenvalue weighted by Gasteiger charge is 2.40. The van der Waals surface area contributed by atoms with E-state index in [9.17, 15) is 14.7 Å². The Morgan fingerprint density at radius 3 is 2.21 bits per heavy atom. The molecule has 0 radical (unpaired) electrons. The van der Waals surface area contributed by atoms with Crippen LogP contribution >= 0.6 is 0 Å². The van der Waals surface area contributed by atoms with Crippen LogP contribution in [-0.2, 0) is 4.79 Å². The monoisotopic (exact) mass is 202 g/mol. The summed E-state index contributed by atoms with van der Waals surface area (Å²) in [5.41, 5.74) is -1.66. The minimum absolute atomic E-state index is 0.0791. The van der Waals surface area contributed by atoms with E-state index in [1.165, 1.54) is 11.9 Å². The number of carbonyl (C=O) groups is 2. The Morgan fingerprint density at radius 1 is 1.36 bits per heavy atom. The fourth-order valence-corrected chi connectivity index (χ4v) is 1.45. The Balaban J connectivity index is 2.54. The van der Waals surface area contributed by atoms with Crippen molar-refractivity contribution in [2.45, 2.75) is 18.4 Å². The van der Waals surface area contributed by atoms with Gasteiger partial charge in [-0.1, -0.05) is 0 Å². The number of hydrogen-bond acceptors (Lipinski definition) is 3. The van der Waals surface area contributed by atoms with Crippen LogP contribution in [0.2, 0.25) is 0 Å². The van der Waals surface area contributed by atoms with Gasteiger partial charge in [0.2, 0.25) is 0 Å². The van der Waals surface area contributed by atoms with Crippen molar-refractivity contribution in [3.05, 3.63) is 0 Å². The second-order valence-corrected chi connectivity index (χ2v) is 3.38. The standard InChI is InChI=1S/C8H14N2O4/c1-9-7(13)10-4-2-8(14,3-5-10)6(11)12/h14H,2-5H2,1H3,(H,9,13)(H,11,12). The molecular formula is C8H14N2O4. The molecule has 1 fully saturated rings. The second-order valence-electron chi connectivity index (χ2n) is 3.38. The normalized spacial score (nSPS) is 20.3. The molecule has 0 aromatic rings. The molecule has 14 heavy (non-hydrogen) atoms. The van der Waals surface area contributed by atoms with Crippen molar-refractivity contribution in [1.82, 2.24) is 10.2 Å². The molecule has 1 rings (SSSR count). The van der Waals surface area contributed by atoms with Crippen molar-refractivity contribution in [3.8, 4) is 0 Å². The predicted octanol–water partition coefficient (Wildman–Crippen LogP) is -0.763. The second kappa shape index (κ2) is 3.83. The first-order chi connectivity index (χ1) is 6.49. The van der Waals surface area contributed by atoms with Crippen molar-refractivity contribution in [2.24, 2.45) is 0 Å². The highest BCUT2D eigenvalue weighted by Crippen LogP contribution is 2.22. The van der Waals surface area contributed by atoms with Crippen LogP contribution < -0.4 is 5.32 Å². The van der Waals surface area contributed by atoms with E-state index in [-0.39, 0.29) is 32.0 Å². The zero-order valence-electron chi connectivity index (χ0n) is 7.99. The summed E-state index contributed by atoms with van der Waals surface area (Å²) in [5, 5.41) is 20.7. The summed E-state index contributed by atoms with van der Waals surface area (Å²) in [6, 6.07) is -0.238. The maximum absolute atomic E-state index is 11.1. The molecule has 6 heteroatoms. The molecule has 2 amide bonds. The number of nitrogens with one attached hydrogen (secondary N) is 1. The van der Waals surface area contributed by atoms with Crippen molar-refractivity contribution >= 4 is 12.0 Å². The summed E-state index contributed by atoms with van der Waals surface area (Å²) in [6.45, 7) is 0.533. The van der Waals surface area contributed by atoms with Crippen LogP contribution in [0.1, 0.15) is 12.8 Å². The van der Waals surface area contributed by atoms with E-state index in [0.717, 1.165) is 0 Å². The van der Waals surface area contributed by atoms with E-state index < -0.39 is 11.6 Å². The first-order valence-electron chi connectivity index (χ1n) is 4.42. The Hall–Kier alpha value is -1.30. The van der Waals surface area contributed by atoms with Crippen molar-refractivity contribution in [2.75, 3.05) is 20.1 Å². The van der Waals surface area contributed by atoms with Gasteiger partial charge in [0, 0.05) is 33.0 Å². The molecule has 0 unspecified atom stereocenters. The van der Waals surface area contributed by atoms with Gasteiger partial charge < -0.3 is 20.4 Å². The molecule has 1 aliphatic heterocycles. The number of aliphatic hydroxyl groups is 1. The predicted molar refractivity (Wildman–Crippen MR) is 47.8 cm³/mol. The average molecular weight is 202 g/mol. The molecule has 6 nitrogen and oxygen atoms in total. The number of carbonyl (C=O) groups excluding carboxylic acids is 1. The fraction of sp³-hybridized carbons (Fsp3) is 0.750. The zero-order valence-corrected chi connectivity index (χ0v) is 7.99. The Morgan fingerprint density at radius 2 is 1.86 bits per heavy atom. The lowest BCUT2D eigenvalue weighted by Crippen LogP contribution is -2.52. The van der Waals surface area contributed by atoms with E-state index in [2.05, 4.69) is 5.32 Å². The molecule has 1 aliphatic rings. The number of carboxylic acids is 1. The smallest absolute Gasteiger partial charge is 0.335 e. The minimum atomic E-state index is -1.66. The molecule has 1 saturated heterocycles. The van der Waals surface area contributed by atoms with Crippen LogP contribution in [0.5, 0.6) is 0 Å². The molecule has 0 bridgehead atoms. The number of carboxylic acid groups (broad SMARTS) is 1. The lowest BCUT2D eigenvalue weighted by Gasteiger charge is -2.34. The van der Waals surface area contributed by atoms with E-state index in [1.807, 2.05) is 0 Å². The number of urea groups is 1. The number of likely N-dealkylation sites (tertiary alicyclic amines) is 1. The van der Waals surface area contributed by atoms with Gasteiger partial charge in [0.15, 0.2) is 5.60 Å². The Kier molecular flexibility index (Phi) is 2.95. The van der Waals surface area contributed by atoms with Gasteiger partial charge in [0.05, 0.1) is 0 Å². The van der Waals surface area contributed by atoms with Crippen LogP contribution in [0, 0.1) is 0 Å². The van der Waals surface area contributed by atoms with Gasteiger partial charge in [0.1, 0.15) is 0 Å². The zero-order chi connectivity index (χ0) is 10.8. The maximum Gasteiger partial charge on any atom is 0.335 e. The van der Waals surface area contributed by atoms with E-state index in [4.69, 9.17) is 5.11 Å². The maximum atomic E-state index is 11.1. The van der Waals surface area contributed by atoms with Gasteiger partial charge in [-0.25, -0.2) is 9.59 Å². The first kappa shape index (κ1) is 10.8. The molecule has 0 aliphatic carbocycles. The lowest BCUT2D eigenvalue weighted by atomic mass is 9.92. The molecule has 1 heterocycles. The third-order valence-corrected chi connectivity index (χ3v) is 2.49. The molecule has 0 saturated carbocycles. The molecule has 0 aromatic heterocycles. The Bertz CT molecular complexity index is 246. The van der Waals surface area contributed by atoms with Crippen LogP contribution in [0.4, 0.5) is 4.79 Å². The molecule has 80 valence electrons. The summed E-state index contributed by atoms with van der Waals surface area (Å²) in [7, 11) is 1.51. The lowest BCUT2D eigenvalue weighted by molar-refractivity contribution is -0.162. The van der Waals surface area contributed by atoms with Crippen LogP contribution in [-0.4, -0.2) is 52.9 Å². The largest absolute Gasteiger partial charge is 0.479 e. The van der Waals surface area contributed by atoms with Gasteiger partial charge in [-0.15, -0.1) is 0 Å². The number of aliphatic carboxylic acids is 1. The summed E-state index contributed by atoms with van der Waals surface area (Å²) >= 11 is 0. The molecule has 0 atom stereocenters. The van der Waals surface area contributed by atoms with E-state index in [1.54, 1.807) is 0 Å². The number of nitrogens with zero attached hydrogens (tertiary/aromatic N) is 1. The Labute approximate surface area is 81.5 Å². The van der Waals surface area contributed by atoms with Crippen molar-refractivity contribution in [1.29, 1.82) is 0 Å². The van der Waals surface area contributed by atoms with Crippen LogP contribution in [0.15, 0.2) is 0 Å². The summed E-state index contributed by atoms with van der Waals surface area (Å²) in [5.74, 6) is -1.21. The molecule has 3 N–H and O–H groups in total. The summed E-state index contributed by atoms with van der Waals surface area (Å²) in [6.07, 6.45) is 0.158. The molecule has 0 spiro atoms. The molecular weight excluding hydrogens is 188 g/mol. The minimum Gasteiger partial charge on any atom is -0.479 e. The van der Waals surface area contributed by atoms with Crippen LogP contribution in [0.3, 0.4) is 0 Å². The fourth-order valence-electron chi connectivity index (χ4n) is 1.45. The van der Waals surface area contributed by atoms with E-state index in [0.29, 0.717) is 0 Å². The number of piperidine rings is 1.